The van der Waals surface area contributed by atoms with E-state index >= 15 is 0 Å². The molecule has 108 valence electrons. The molecule has 0 atom stereocenters. The maximum atomic E-state index is 12.8. The highest BCUT2D eigenvalue weighted by molar-refractivity contribution is 7.62. The van der Waals surface area contributed by atoms with Gasteiger partial charge in [-0.1, -0.05) is 11.6 Å². The minimum atomic E-state index is -3.45. The molecule has 2 heterocycles. The highest BCUT2D eigenvalue weighted by Crippen LogP contribution is 2.49. The molecule has 0 N–H and O–H groups in total. The topological polar surface area (TPSA) is 74.5 Å². The minimum Gasteiger partial charge on any atom is -0.462 e. The Morgan fingerprint density at radius 3 is 2.60 bits per heavy atom. The molecule has 2 rings (SSSR count). The lowest BCUT2D eigenvalue weighted by Gasteiger charge is -2.16. The van der Waals surface area contributed by atoms with E-state index in [1.807, 2.05) is 0 Å². The maximum Gasteiger partial charge on any atom is 0.365 e. The first-order chi connectivity index (χ1) is 9.60. The van der Waals surface area contributed by atoms with Gasteiger partial charge < -0.3 is 13.5 Å². The Hall–Kier alpha value is -1.20. The SMILES string of the molecule is CCOP(=O)(OCC)c1ccoc1-c1cncc(Cl)n1. The average molecular weight is 317 g/mol. The van der Waals surface area contributed by atoms with Gasteiger partial charge in [-0.05, 0) is 19.9 Å². The molecule has 0 bridgehead atoms. The van der Waals surface area contributed by atoms with Gasteiger partial charge in [0.05, 0.1) is 31.9 Å². The third-order valence-electron chi connectivity index (χ3n) is 2.38. The summed E-state index contributed by atoms with van der Waals surface area (Å²) in [6.45, 7) is 3.99. The number of halogens is 1. The first-order valence-electron chi connectivity index (χ1n) is 6.05. The summed E-state index contributed by atoms with van der Waals surface area (Å²) in [6.07, 6.45) is 4.27. The molecular formula is C12H14ClN2O4P. The summed E-state index contributed by atoms with van der Waals surface area (Å²) in [5, 5.41) is 0.533. The molecule has 0 aliphatic carbocycles. The van der Waals surface area contributed by atoms with Gasteiger partial charge >= 0.3 is 7.60 Å². The van der Waals surface area contributed by atoms with Crippen LogP contribution >= 0.6 is 19.2 Å². The standard InChI is InChI=1S/C12H14ClN2O4P/c1-3-18-20(16,19-4-2)10-5-6-17-12(10)9-7-14-8-11(13)15-9/h5-8H,3-4H2,1-2H3. The molecule has 0 radical (unpaired) electrons. The van der Waals surface area contributed by atoms with E-state index in [4.69, 9.17) is 25.1 Å². The van der Waals surface area contributed by atoms with E-state index in [1.54, 1.807) is 19.9 Å². The van der Waals surface area contributed by atoms with E-state index in [1.165, 1.54) is 18.7 Å². The fraction of sp³-hybridized carbons (Fsp3) is 0.333. The van der Waals surface area contributed by atoms with Crippen LogP contribution in [0.2, 0.25) is 5.15 Å². The van der Waals surface area contributed by atoms with Gasteiger partial charge in [0.25, 0.3) is 0 Å². The Labute approximate surface area is 121 Å². The number of rotatable bonds is 6. The number of nitrogens with zero attached hydrogens (tertiary/aromatic N) is 2. The predicted octanol–water partition coefficient (Wildman–Crippen LogP) is 3.28. The summed E-state index contributed by atoms with van der Waals surface area (Å²) >= 11 is 5.80. The monoisotopic (exact) mass is 316 g/mol. The molecule has 0 fully saturated rings. The van der Waals surface area contributed by atoms with Crippen LogP contribution in [0.15, 0.2) is 29.1 Å². The lowest BCUT2D eigenvalue weighted by Crippen LogP contribution is -2.11. The van der Waals surface area contributed by atoms with Crippen molar-refractivity contribution in [2.24, 2.45) is 0 Å². The first-order valence-corrected chi connectivity index (χ1v) is 7.98. The Bertz CT molecular complexity index is 621. The van der Waals surface area contributed by atoms with Gasteiger partial charge in [-0.2, -0.15) is 0 Å². The first kappa shape index (κ1) is 15.2. The van der Waals surface area contributed by atoms with Crippen molar-refractivity contribution < 1.29 is 18.0 Å². The van der Waals surface area contributed by atoms with Crippen LogP contribution in [0.25, 0.3) is 11.5 Å². The Morgan fingerprint density at radius 2 is 2.00 bits per heavy atom. The van der Waals surface area contributed by atoms with Gasteiger partial charge in [0.1, 0.15) is 16.2 Å². The summed E-state index contributed by atoms with van der Waals surface area (Å²) in [5.74, 6) is 0.283. The van der Waals surface area contributed by atoms with Gasteiger partial charge in [0, 0.05) is 0 Å². The summed E-state index contributed by atoms with van der Waals surface area (Å²) in [4.78, 5) is 8.02. The Kier molecular flexibility index (Phi) is 4.94. The van der Waals surface area contributed by atoms with E-state index < -0.39 is 7.60 Å². The van der Waals surface area contributed by atoms with Crippen molar-refractivity contribution in [1.29, 1.82) is 0 Å². The number of hydrogen-bond donors (Lipinski definition) is 0. The summed E-state index contributed by atoms with van der Waals surface area (Å²) in [6, 6.07) is 1.55. The third kappa shape index (κ3) is 3.10. The molecule has 0 aliphatic rings. The highest BCUT2D eigenvalue weighted by atomic mass is 35.5. The third-order valence-corrected chi connectivity index (χ3v) is 4.70. The number of hydrogen-bond acceptors (Lipinski definition) is 6. The zero-order valence-corrected chi connectivity index (χ0v) is 12.7. The van der Waals surface area contributed by atoms with Crippen molar-refractivity contribution in [3.63, 3.8) is 0 Å². The quantitative estimate of drug-likeness (QED) is 0.761. The second-order valence-corrected chi connectivity index (χ2v) is 6.08. The van der Waals surface area contributed by atoms with Crippen LogP contribution in [0.3, 0.4) is 0 Å². The molecule has 0 saturated carbocycles. The fourth-order valence-corrected chi connectivity index (χ4v) is 3.52. The molecule has 0 amide bonds. The van der Waals surface area contributed by atoms with Crippen molar-refractivity contribution in [3.05, 3.63) is 29.9 Å². The van der Waals surface area contributed by atoms with Gasteiger partial charge in [-0.25, -0.2) is 4.98 Å². The molecule has 8 heteroatoms. The van der Waals surface area contributed by atoms with Gasteiger partial charge in [0.15, 0.2) is 5.76 Å². The van der Waals surface area contributed by atoms with E-state index in [0.29, 0.717) is 11.0 Å². The zero-order valence-electron chi connectivity index (χ0n) is 11.1. The molecule has 0 spiro atoms. The molecule has 0 saturated heterocycles. The van der Waals surface area contributed by atoms with Crippen LogP contribution in [0.5, 0.6) is 0 Å². The van der Waals surface area contributed by atoms with Crippen LogP contribution in [0.1, 0.15) is 13.8 Å². The van der Waals surface area contributed by atoms with Gasteiger partial charge in [-0.15, -0.1) is 0 Å². The van der Waals surface area contributed by atoms with Crippen LogP contribution in [0, 0.1) is 0 Å². The van der Waals surface area contributed by atoms with E-state index in [0.717, 1.165) is 0 Å². The second kappa shape index (κ2) is 6.50. The highest BCUT2D eigenvalue weighted by Gasteiger charge is 2.32. The molecule has 6 nitrogen and oxygen atoms in total. The molecule has 2 aromatic rings. The zero-order chi connectivity index (χ0) is 14.6. The van der Waals surface area contributed by atoms with Gasteiger partial charge in [0.2, 0.25) is 0 Å². The van der Waals surface area contributed by atoms with E-state index in [-0.39, 0.29) is 24.1 Å². The molecule has 0 unspecified atom stereocenters. The molecule has 20 heavy (non-hydrogen) atoms. The molecule has 0 aliphatic heterocycles. The Morgan fingerprint density at radius 1 is 1.30 bits per heavy atom. The summed E-state index contributed by atoms with van der Waals surface area (Å²) in [5.41, 5.74) is 0.372. The summed E-state index contributed by atoms with van der Waals surface area (Å²) < 4.78 is 28.7. The molecule has 0 aromatic carbocycles. The predicted molar refractivity (Wildman–Crippen MR) is 75.2 cm³/mol. The largest absolute Gasteiger partial charge is 0.462 e. The van der Waals surface area contributed by atoms with Crippen molar-refractivity contribution in [2.45, 2.75) is 13.8 Å². The maximum absolute atomic E-state index is 12.8. The van der Waals surface area contributed by atoms with Crippen LogP contribution in [-0.4, -0.2) is 23.2 Å². The van der Waals surface area contributed by atoms with Crippen LogP contribution in [0.4, 0.5) is 0 Å². The van der Waals surface area contributed by atoms with Crippen molar-refractivity contribution in [3.8, 4) is 11.5 Å². The lowest BCUT2D eigenvalue weighted by molar-refractivity contribution is 0.230. The van der Waals surface area contributed by atoms with Gasteiger partial charge in [-0.3, -0.25) is 9.55 Å². The normalized spacial score (nSPS) is 11.8. The van der Waals surface area contributed by atoms with Crippen molar-refractivity contribution >= 4 is 24.5 Å². The Balaban J connectivity index is 2.49. The average Bonchev–Trinajstić information content (AvgIpc) is 2.89. The van der Waals surface area contributed by atoms with E-state index in [9.17, 15) is 4.57 Å². The van der Waals surface area contributed by atoms with Crippen LogP contribution < -0.4 is 5.30 Å². The minimum absolute atomic E-state index is 0.215. The lowest BCUT2D eigenvalue weighted by atomic mass is 10.3. The number of furan rings is 1. The summed E-state index contributed by atoms with van der Waals surface area (Å²) in [7, 11) is -3.45. The number of aromatic nitrogens is 2. The second-order valence-electron chi connectivity index (χ2n) is 3.70. The molecule has 2 aromatic heterocycles. The van der Waals surface area contributed by atoms with Crippen LogP contribution in [-0.2, 0) is 13.6 Å². The van der Waals surface area contributed by atoms with E-state index in [2.05, 4.69) is 9.97 Å². The fourth-order valence-electron chi connectivity index (χ4n) is 1.68. The molecular weight excluding hydrogens is 303 g/mol. The smallest absolute Gasteiger partial charge is 0.365 e. The van der Waals surface area contributed by atoms with Crippen molar-refractivity contribution in [1.82, 2.24) is 9.97 Å². The van der Waals surface area contributed by atoms with Crippen molar-refractivity contribution in [2.75, 3.05) is 13.2 Å².